The first kappa shape index (κ1) is 24.8. The van der Waals surface area contributed by atoms with E-state index in [1.54, 1.807) is 11.3 Å². The van der Waals surface area contributed by atoms with E-state index in [-0.39, 0.29) is 24.8 Å². The van der Waals surface area contributed by atoms with Crippen molar-refractivity contribution in [3.05, 3.63) is 59.3 Å². The lowest BCUT2D eigenvalue weighted by Crippen LogP contribution is -2.45. The van der Waals surface area contributed by atoms with Crippen LogP contribution in [0.15, 0.2) is 42.6 Å². The first-order valence-corrected chi connectivity index (χ1v) is 13.8. The number of amides is 2. The molecule has 190 valence electrons. The summed E-state index contributed by atoms with van der Waals surface area (Å²) in [5.74, 6) is 1.24. The Morgan fingerprint density at radius 2 is 2.03 bits per heavy atom. The SMILES string of the molecule is Cc1cc(-c2ncc(-c3cccc4c3CC[C@@H]4NC(=O)N3CCC(CO)CC3)s2)ccc1OC(C)C. The van der Waals surface area contributed by atoms with Crippen molar-refractivity contribution in [3.8, 4) is 26.8 Å². The van der Waals surface area contributed by atoms with E-state index in [1.165, 1.54) is 16.7 Å². The molecule has 2 N–H and O–H groups in total. The molecule has 0 unspecified atom stereocenters. The van der Waals surface area contributed by atoms with E-state index in [4.69, 9.17) is 9.72 Å². The predicted molar refractivity (Wildman–Crippen MR) is 144 cm³/mol. The number of urea groups is 1. The molecule has 0 saturated carbocycles. The number of carbonyl (C=O) groups is 1. The van der Waals surface area contributed by atoms with Crippen LogP contribution in [0.1, 0.15) is 55.8 Å². The number of aromatic nitrogens is 1. The van der Waals surface area contributed by atoms with Crippen LogP contribution in [-0.2, 0) is 6.42 Å². The molecule has 7 heteroatoms. The standard InChI is InChI=1S/C29H35N3O3S/c1-18(2)35-26-10-7-21(15-19(26)3)28-30-16-27(36-28)24-6-4-5-23-22(24)8-9-25(23)31-29(34)32-13-11-20(17-33)12-14-32/h4-7,10,15-16,18,20,25,33H,8-9,11-14,17H2,1-3H3,(H,31,34)/t25-/m0/s1. The van der Waals surface area contributed by atoms with Crippen molar-refractivity contribution in [1.29, 1.82) is 0 Å². The molecular weight excluding hydrogens is 470 g/mol. The van der Waals surface area contributed by atoms with Crippen molar-refractivity contribution < 1.29 is 14.6 Å². The molecular formula is C29H35N3O3S. The fourth-order valence-electron chi connectivity index (χ4n) is 5.29. The maximum absolute atomic E-state index is 12.9. The third-order valence-electron chi connectivity index (χ3n) is 7.28. The van der Waals surface area contributed by atoms with Crippen LogP contribution >= 0.6 is 11.3 Å². The van der Waals surface area contributed by atoms with Crippen molar-refractivity contribution in [2.45, 2.75) is 58.6 Å². The summed E-state index contributed by atoms with van der Waals surface area (Å²) in [6.07, 6.45) is 5.71. The minimum atomic E-state index is 0.00924. The van der Waals surface area contributed by atoms with E-state index >= 15 is 0 Å². The van der Waals surface area contributed by atoms with E-state index in [0.29, 0.717) is 19.0 Å². The fourth-order valence-corrected chi connectivity index (χ4v) is 6.26. The third-order valence-corrected chi connectivity index (χ3v) is 8.36. The van der Waals surface area contributed by atoms with Crippen molar-refractivity contribution in [2.75, 3.05) is 19.7 Å². The first-order chi connectivity index (χ1) is 17.4. The second-order valence-electron chi connectivity index (χ2n) is 10.2. The molecule has 1 aromatic heterocycles. The topological polar surface area (TPSA) is 74.7 Å². The van der Waals surface area contributed by atoms with Crippen molar-refractivity contribution in [2.24, 2.45) is 5.92 Å². The molecule has 6 nitrogen and oxygen atoms in total. The molecule has 1 saturated heterocycles. The van der Waals surface area contributed by atoms with Crippen LogP contribution in [0, 0.1) is 12.8 Å². The zero-order valence-corrected chi connectivity index (χ0v) is 22.1. The van der Waals surface area contributed by atoms with Gasteiger partial charge in [0.2, 0.25) is 0 Å². The number of thiazole rings is 1. The Kier molecular flexibility index (Phi) is 7.30. The number of rotatable bonds is 6. The summed E-state index contributed by atoms with van der Waals surface area (Å²) in [4.78, 5) is 20.7. The normalized spacial score (nSPS) is 17.9. The number of nitrogens with one attached hydrogen (secondary N) is 1. The monoisotopic (exact) mass is 505 g/mol. The van der Waals surface area contributed by atoms with Gasteiger partial charge in [0.25, 0.3) is 0 Å². The minimum absolute atomic E-state index is 0.00924. The number of aliphatic hydroxyl groups excluding tert-OH is 1. The summed E-state index contributed by atoms with van der Waals surface area (Å²) in [6, 6.07) is 12.7. The van der Waals surface area contributed by atoms with Gasteiger partial charge in [-0.15, -0.1) is 11.3 Å². The van der Waals surface area contributed by atoms with E-state index in [1.807, 2.05) is 31.0 Å². The number of hydrogen-bond acceptors (Lipinski definition) is 5. The Labute approximate surface area is 217 Å². The van der Waals surface area contributed by atoms with Crippen LogP contribution < -0.4 is 10.1 Å². The summed E-state index contributed by atoms with van der Waals surface area (Å²) in [5, 5.41) is 13.6. The molecule has 5 rings (SSSR count). The number of benzene rings is 2. The minimum Gasteiger partial charge on any atom is -0.491 e. The molecule has 1 aliphatic heterocycles. The van der Waals surface area contributed by atoms with Gasteiger partial charge in [-0.25, -0.2) is 9.78 Å². The average molecular weight is 506 g/mol. The zero-order valence-electron chi connectivity index (χ0n) is 21.3. The van der Waals surface area contributed by atoms with Crippen molar-refractivity contribution >= 4 is 17.4 Å². The molecule has 36 heavy (non-hydrogen) atoms. The summed E-state index contributed by atoms with van der Waals surface area (Å²) >= 11 is 1.71. The quantitative estimate of drug-likeness (QED) is 0.433. The van der Waals surface area contributed by atoms with Crippen LogP contribution in [0.2, 0.25) is 0 Å². The number of likely N-dealkylation sites (tertiary alicyclic amines) is 1. The average Bonchev–Trinajstić information content (AvgIpc) is 3.53. The highest BCUT2D eigenvalue weighted by molar-refractivity contribution is 7.18. The number of aryl methyl sites for hydroxylation is 1. The fraction of sp³-hybridized carbons (Fsp3) is 0.448. The van der Waals surface area contributed by atoms with Gasteiger partial charge in [0.05, 0.1) is 17.0 Å². The Hall–Kier alpha value is -2.90. The van der Waals surface area contributed by atoms with Crippen molar-refractivity contribution in [3.63, 3.8) is 0 Å². The Morgan fingerprint density at radius 3 is 2.75 bits per heavy atom. The number of nitrogens with zero attached hydrogens (tertiary/aromatic N) is 2. The molecule has 1 fully saturated rings. The number of carbonyl (C=O) groups excluding carboxylic acids is 1. The van der Waals surface area contributed by atoms with Crippen LogP contribution in [0.4, 0.5) is 4.79 Å². The number of hydrogen-bond donors (Lipinski definition) is 2. The van der Waals surface area contributed by atoms with Gasteiger partial charge >= 0.3 is 6.03 Å². The summed E-state index contributed by atoms with van der Waals surface area (Å²) < 4.78 is 5.89. The molecule has 0 radical (unpaired) electrons. The number of fused-ring (bicyclic) bond motifs is 1. The molecule has 2 aromatic carbocycles. The number of aliphatic hydroxyl groups is 1. The Balaban J connectivity index is 1.31. The van der Waals surface area contributed by atoms with Gasteiger partial charge in [0.1, 0.15) is 10.8 Å². The Morgan fingerprint density at radius 1 is 1.22 bits per heavy atom. The van der Waals surface area contributed by atoms with Gasteiger partial charge in [-0.2, -0.15) is 0 Å². The molecule has 1 atom stereocenters. The highest BCUT2D eigenvalue weighted by atomic mass is 32.1. The van der Waals surface area contributed by atoms with E-state index in [0.717, 1.165) is 52.4 Å². The second-order valence-corrected chi connectivity index (χ2v) is 11.2. The summed E-state index contributed by atoms with van der Waals surface area (Å²) in [6.45, 7) is 7.79. The molecule has 0 spiro atoms. The molecule has 2 aliphatic rings. The molecule has 1 aliphatic carbocycles. The third kappa shape index (κ3) is 5.13. The summed E-state index contributed by atoms with van der Waals surface area (Å²) in [5.41, 5.74) is 5.95. The molecule has 2 heterocycles. The van der Waals surface area contributed by atoms with Crippen molar-refractivity contribution in [1.82, 2.24) is 15.2 Å². The van der Waals surface area contributed by atoms with Crippen LogP contribution in [0.3, 0.4) is 0 Å². The first-order valence-electron chi connectivity index (χ1n) is 12.9. The summed E-state index contributed by atoms with van der Waals surface area (Å²) in [7, 11) is 0. The zero-order chi connectivity index (χ0) is 25.2. The Bertz CT molecular complexity index is 1230. The van der Waals surface area contributed by atoms with Gasteiger partial charge in [0.15, 0.2) is 0 Å². The number of ether oxygens (including phenoxy) is 1. The highest BCUT2D eigenvalue weighted by Crippen LogP contribution is 2.41. The van der Waals surface area contributed by atoms with Gasteiger partial charge in [-0.05, 0) is 92.8 Å². The van der Waals surface area contributed by atoms with E-state index in [9.17, 15) is 9.90 Å². The lowest BCUT2D eigenvalue weighted by Gasteiger charge is -2.32. The maximum Gasteiger partial charge on any atom is 0.317 e. The second kappa shape index (κ2) is 10.6. The van der Waals surface area contributed by atoms with Crippen LogP contribution in [0.5, 0.6) is 5.75 Å². The maximum atomic E-state index is 12.9. The molecule has 0 bridgehead atoms. The largest absolute Gasteiger partial charge is 0.491 e. The van der Waals surface area contributed by atoms with E-state index < -0.39 is 0 Å². The lowest BCUT2D eigenvalue weighted by atomic mass is 9.98. The highest BCUT2D eigenvalue weighted by Gasteiger charge is 2.29. The van der Waals surface area contributed by atoms with Gasteiger partial charge < -0.3 is 20.1 Å². The van der Waals surface area contributed by atoms with Gasteiger partial charge in [-0.3, -0.25) is 0 Å². The smallest absolute Gasteiger partial charge is 0.317 e. The number of piperidine rings is 1. The van der Waals surface area contributed by atoms with Crippen LogP contribution in [0.25, 0.3) is 21.0 Å². The predicted octanol–water partition coefficient (Wildman–Crippen LogP) is 5.97. The van der Waals surface area contributed by atoms with E-state index in [2.05, 4.69) is 42.6 Å². The van der Waals surface area contributed by atoms with Gasteiger partial charge in [-0.1, -0.05) is 18.2 Å². The molecule has 3 aromatic rings. The van der Waals surface area contributed by atoms with Gasteiger partial charge in [0, 0.05) is 31.5 Å². The molecule has 2 amide bonds. The lowest BCUT2D eigenvalue weighted by molar-refractivity contribution is 0.135. The van der Waals surface area contributed by atoms with Crippen LogP contribution in [-0.4, -0.2) is 46.8 Å².